The average Bonchev–Trinajstić information content (AvgIpc) is 3.04. The van der Waals surface area contributed by atoms with Crippen LogP contribution in [0.5, 0.6) is 5.75 Å². The number of ether oxygens (including phenoxy) is 3. The zero-order valence-corrected chi connectivity index (χ0v) is 13.2. The first-order chi connectivity index (χ1) is 11.2. The van der Waals surface area contributed by atoms with E-state index in [0.717, 1.165) is 12.8 Å². The maximum Gasteiger partial charge on any atom is 0.260 e. The molecule has 0 bridgehead atoms. The summed E-state index contributed by atoms with van der Waals surface area (Å²) >= 11 is 0. The highest BCUT2D eigenvalue weighted by molar-refractivity contribution is 5.78. The molecule has 0 saturated carbocycles. The summed E-state index contributed by atoms with van der Waals surface area (Å²) < 4.78 is 29.8. The summed E-state index contributed by atoms with van der Waals surface area (Å²) in [5.41, 5.74) is 0. The summed E-state index contributed by atoms with van der Waals surface area (Å²) in [6, 6.07) is 5.73. The number of fused-ring (bicyclic) bond motifs is 1. The van der Waals surface area contributed by atoms with Crippen LogP contribution in [-0.2, 0) is 14.3 Å². The van der Waals surface area contributed by atoms with Gasteiger partial charge in [0.2, 0.25) is 0 Å². The van der Waals surface area contributed by atoms with Gasteiger partial charge in [0.15, 0.2) is 6.61 Å². The van der Waals surface area contributed by atoms with Crippen LogP contribution in [0.2, 0.25) is 0 Å². The molecule has 2 heterocycles. The van der Waals surface area contributed by atoms with E-state index < -0.39 is 0 Å². The Morgan fingerprint density at radius 2 is 2.13 bits per heavy atom. The second-order valence-corrected chi connectivity index (χ2v) is 5.80. The first kappa shape index (κ1) is 16.2. The molecular weight excluding hydrogens is 301 g/mol. The molecule has 1 amide bonds. The van der Waals surface area contributed by atoms with Crippen LogP contribution in [0.4, 0.5) is 4.39 Å². The van der Waals surface area contributed by atoms with Crippen molar-refractivity contribution in [1.82, 2.24) is 4.90 Å². The number of nitrogens with zero attached hydrogens (tertiary/aromatic N) is 1. The van der Waals surface area contributed by atoms with E-state index in [4.69, 9.17) is 14.2 Å². The highest BCUT2D eigenvalue weighted by atomic mass is 19.1. The van der Waals surface area contributed by atoms with E-state index in [9.17, 15) is 9.18 Å². The molecule has 2 aliphatic heterocycles. The first-order valence-corrected chi connectivity index (χ1v) is 8.10. The lowest BCUT2D eigenvalue weighted by Crippen LogP contribution is -2.56. The van der Waals surface area contributed by atoms with Gasteiger partial charge in [-0.25, -0.2) is 4.39 Å². The fourth-order valence-electron chi connectivity index (χ4n) is 3.35. The van der Waals surface area contributed by atoms with Crippen LogP contribution in [0.3, 0.4) is 0 Å². The van der Waals surface area contributed by atoms with Gasteiger partial charge in [-0.2, -0.15) is 0 Å². The summed E-state index contributed by atoms with van der Waals surface area (Å²) in [7, 11) is 0. The predicted molar refractivity (Wildman–Crippen MR) is 81.8 cm³/mol. The van der Waals surface area contributed by atoms with Crippen molar-refractivity contribution >= 4 is 5.91 Å². The van der Waals surface area contributed by atoms with E-state index in [1.807, 2.05) is 11.8 Å². The number of likely N-dealkylation sites (tertiary alicyclic amines) is 1. The molecule has 0 N–H and O–H groups in total. The van der Waals surface area contributed by atoms with Crippen LogP contribution < -0.4 is 4.74 Å². The smallest absolute Gasteiger partial charge is 0.260 e. The van der Waals surface area contributed by atoms with Gasteiger partial charge < -0.3 is 19.1 Å². The lowest BCUT2D eigenvalue weighted by atomic mass is 9.95. The fraction of sp³-hybridized carbons (Fsp3) is 0.588. The third-order valence-electron chi connectivity index (χ3n) is 4.40. The van der Waals surface area contributed by atoms with Crippen molar-refractivity contribution in [2.75, 3.05) is 26.4 Å². The maximum absolute atomic E-state index is 12.9. The van der Waals surface area contributed by atoms with Crippen molar-refractivity contribution < 1.29 is 23.4 Å². The minimum Gasteiger partial charge on any atom is -0.484 e. The van der Waals surface area contributed by atoms with Gasteiger partial charge in [0.1, 0.15) is 17.7 Å². The Morgan fingerprint density at radius 3 is 2.87 bits per heavy atom. The van der Waals surface area contributed by atoms with E-state index in [1.165, 1.54) is 24.3 Å². The number of hydrogen-bond donors (Lipinski definition) is 0. The number of piperidine rings is 1. The Balaban J connectivity index is 1.58. The van der Waals surface area contributed by atoms with Gasteiger partial charge >= 0.3 is 0 Å². The van der Waals surface area contributed by atoms with Gasteiger partial charge in [-0.05, 0) is 44.0 Å². The van der Waals surface area contributed by atoms with Gasteiger partial charge in [-0.3, -0.25) is 4.79 Å². The van der Waals surface area contributed by atoms with Crippen LogP contribution in [0.25, 0.3) is 0 Å². The molecule has 0 aliphatic carbocycles. The van der Waals surface area contributed by atoms with Crippen molar-refractivity contribution in [3.05, 3.63) is 30.1 Å². The number of amides is 1. The van der Waals surface area contributed by atoms with Crippen molar-refractivity contribution in [3.63, 3.8) is 0 Å². The number of benzene rings is 1. The molecule has 126 valence electrons. The average molecular weight is 323 g/mol. The van der Waals surface area contributed by atoms with E-state index in [0.29, 0.717) is 25.5 Å². The molecule has 23 heavy (non-hydrogen) atoms. The molecule has 0 unspecified atom stereocenters. The maximum atomic E-state index is 12.9. The van der Waals surface area contributed by atoms with E-state index in [1.54, 1.807) is 0 Å². The Labute approximate surface area is 135 Å². The fourth-order valence-corrected chi connectivity index (χ4v) is 3.35. The van der Waals surface area contributed by atoms with Crippen molar-refractivity contribution in [2.24, 2.45) is 0 Å². The van der Waals surface area contributed by atoms with Crippen molar-refractivity contribution in [1.29, 1.82) is 0 Å². The Kier molecular flexibility index (Phi) is 5.13. The molecule has 2 fully saturated rings. The Bertz CT molecular complexity index is 536. The highest BCUT2D eigenvalue weighted by Crippen LogP contribution is 2.30. The van der Waals surface area contributed by atoms with Gasteiger partial charge in [0.05, 0.1) is 12.1 Å². The summed E-state index contributed by atoms with van der Waals surface area (Å²) in [6.45, 7) is 3.88. The highest BCUT2D eigenvalue weighted by Gasteiger charge is 2.44. The van der Waals surface area contributed by atoms with Crippen LogP contribution in [0.1, 0.15) is 19.8 Å². The molecule has 3 atom stereocenters. The molecule has 2 saturated heterocycles. The third-order valence-corrected chi connectivity index (χ3v) is 4.40. The number of hydrogen-bond acceptors (Lipinski definition) is 4. The summed E-state index contributed by atoms with van der Waals surface area (Å²) in [6.07, 6.45) is 1.63. The monoisotopic (exact) mass is 323 g/mol. The number of rotatable bonds is 5. The van der Waals surface area contributed by atoms with Gasteiger partial charge in [0.25, 0.3) is 5.91 Å². The summed E-state index contributed by atoms with van der Waals surface area (Å²) in [5.74, 6) is 0.0977. The van der Waals surface area contributed by atoms with Gasteiger partial charge in [-0.15, -0.1) is 0 Å². The number of carbonyl (C=O) groups excluding carboxylic acids is 1. The van der Waals surface area contributed by atoms with Crippen LogP contribution >= 0.6 is 0 Å². The molecule has 0 spiro atoms. The third kappa shape index (κ3) is 3.64. The van der Waals surface area contributed by atoms with Crippen molar-refractivity contribution in [3.8, 4) is 5.75 Å². The van der Waals surface area contributed by atoms with E-state index in [2.05, 4.69) is 0 Å². The Morgan fingerprint density at radius 1 is 1.35 bits per heavy atom. The van der Waals surface area contributed by atoms with E-state index in [-0.39, 0.29) is 36.6 Å². The summed E-state index contributed by atoms with van der Waals surface area (Å²) in [5, 5.41) is 0. The molecule has 3 rings (SSSR count). The topological polar surface area (TPSA) is 48.0 Å². The molecule has 5 nitrogen and oxygen atoms in total. The normalized spacial score (nSPS) is 26.9. The number of halogens is 1. The predicted octanol–water partition coefficient (Wildman–Crippen LogP) is 2.00. The Hall–Kier alpha value is -1.66. The first-order valence-electron chi connectivity index (χ1n) is 8.10. The minimum atomic E-state index is -0.326. The molecule has 1 aromatic rings. The summed E-state index contributed by atoms with van der Waals surface area (Å²) in [4.78, 5) is 14.3. The minimum absolute atomic E-state index is 0.0431. The molecule has 0 radical (unpaired) electrons. The zero-order chi connectivity index (χ0) is 16.2. The standard InChI is InChI=1S/C17H22FNO4/c1-2-21-15-7-9-19(14-8-10-22-17(14)15)16(20)11-23-13-5-3-12(18)4-6-13/h3-6,14-15,17H,2,7-11H2,1H3/t14-,15+,17-/m0/s1. The quantitative estimate of drug-likeness (QED) is 0.831. The molecule has 1 aromatic carbocycles. The molecule has 2 aliphatic rings. The second kappa shape index (κ2) is 7.27. The van der Waals surface area contributed by atoms with Gasteiger partial charge in [-0.1, -0.05) is 0 Å². The largest absolute Gasteiger partial charge is 0.484 e. The number of carbonyl (C=O) groups is 1. The lowest BCUT2D eigenvalue weighted by Gasteiger charge is -2.40. The second-order valence-electron chi connectivity index (χ2n) is 5.80. The molecular formula is C17H22FNO4. The molecule has 0 aromatic heterocycles. The lowest BCUT2D eigenvalue weighted by molar-refractivity contribution is -0.146. The zero-order valence-electron chi connectivity index (χ0n) is 13.2. The van der Waals surface area contributed by atoms with Gasteiger partial charge in [0, 0.05) is 19.8 Å². The van der Waals surface area contributed by atoms with Crippen molar-refractivity contribution in [2.45, 2.75) is 38.0 Å². The van der Waals surface area contributed by atoms with Crippen LogP contribution in [0, 0.1) is 5.82 Å². The van der Waals surface area contributed by atoms with Crippen LogP contribution in [-0.4, -0.2) is 55.4 Å². The molecule has 6 heteroatoms. The van der Waals surface area contributed by atoms with E-state index >= 15 is 0 Å². The van der Waals surface area contributed by atoms with Crippen LogP contribution in [0.15, 0.2) is 24.3 Å². The SMILES string of the molecule is CCO[C@@H]1CCN(C(=O)COc2ccc(F)cc2)[C@H]2CCO[C@H]12.